The van der Waals surface area contributed by atoms with Gasteiger partial charge in [-0.25, -0.2) is 0 Å². The quantitative estimate of drug-likeness (QED) is 0.654. The Morgan fingerprint density at radius 2 is 1.48 bits per heavy atom. The van der Waals surface area contributed by atoms with Crippen molar-refractivity contribution in [2.45, 2.75) is 13.0 Å². The smallest absolute Gasteiger partial charge is 0.101 e. The Bertz CT molecular complexity index is 769. The van der Waals surface area contributed by atoms with E-state index in [4.69, 9.17) is 0 Å². The number of anilines is 1. The third-order valence-corrected chi connectivity index (χ3v) is 5.66. The molecule has 0 bridgehead atoms. The molecule has 0 unspecified atom stereocenters. The maximum atomic E-state index is 9.35. The van der Waals surface area contributed by atoms with Crippen molar-refractivity contribution in [1.82, 2.24) is 9.80 Å². The van der Waals surface area contributed by atoms with Crippen LogP contribution in [-0.4, -0.2) is 66.5 Å². The van der Waals surface area contributed by atoms with Gasteiger partial charge in [0.1, 0.15) is 5.71 Å². The molecule has 0 spiro atoms. The lowest BCUT2D eigenvalue weighted by atomic mass is 9.98. The van der Waals surface area contributed by atoms with Crippen LogP contribution in [0.15, 0.2) is 59.8 Å². The van der Waals surface area contributed by atoms with E-state index in [0.717, 1.165) is 70.1 Å². The molecule has 2 aliphatic heterocycles. The van der Waals surface area contributed by atoms with E-state index in [9.17, 15) is 5.21 Å². The van der Waals surface area contributed by atoms with Gasteiger partial charge in [-0.3, -0.25) is 9.80 Å². The number of benzene rings is 2. The molecule has 2 heterocycles. The molecule has 0 amide bonds. The van der Waals surface area contributed by atoms with Gasteiger partial charge in [0.15, 0.2) is 0 Å². The molecule has 2 aliphatic rings. The number of fused-ring (bicyclic) bond motifs is 1. The highest BCUT2D eigenvalue weighted by molar-refractivity contribution is 6.03. The molecule has 0 radical (unpaired) electrons. The van der Waals surface area contributed by atoms with Crippen molar-refractivity contribution in [2.75, 3.05) is 50.7 Å². The van der Waals surface area contributed by atoms with Crippen LogP contribution in [0.2, 0.25) is 0 Å². The Balaban J connectivity index is 1.23. The highest BCUT2D eigenvalue weighted by Crippen LogP contribution is 2.20. The van der Waals surface area contributed by atoms with Crippen molar-refractivity contribution < 1.29 is 5.21 Å². The zero-order chi connectivity index (χ0) is 18.5. The summed E-state index contributed by atoms with van der Waals surface area (Å²) in [6, 6.07) is 19.0. The first kappa shape index (κ1) is 18.0. The van der Waals surface area contributed by atoms with E-state index in [1.165, 1.54) is 11.3 Å². The molecule has 2 aromatic carbocycles. The lowest BCUT2D eigenvalue weighted by molar-refractivity contribution is 0.223. The molecule has 142 valence electrons. The van der Waals surface area contributed by atoms with Crippen LogP contribution in [-0.2, 0) is 6.54 Å². The fourth-order valence-electron chi connectivity index (χ4n) is 4.16. The maximum absolute atomic E-state index is 9.35. The first-order valence-electron chi connectivity index (χ1n) is 9.87. The molecule has 1 saturated heterocycles. The molecule has 27 heavy (non-hydrogen) atoms. The molecule has 1 N–H and O–H groups in total. The maximum Gasteiger partial charge on any atom is 0.101 e. The SMILES string of the molecule is O/N=C1\CN(CCCN2CCN(c3ccccc3)CC2)Cc2ccccc21. The van der Waals surface area contributed by atoms with Crippen LogP contribution >= 0.6 is 0 Å². The summed E-state index contributed by atoms with van der Waals surface area (Å²) in [5.41, 5.74) is 4.47. The molecule has 0 aliphatic carbocycles. The monoisotopic (exact) mass is 364 g/mol. The van der Waals surface area contributed by atoms with Gasteiger partial charge in [-0.05, 0) is 30.7 Å². The van der Waals surface area contributed by atoms with Gasteiger partial charge in [0, 0.05) is 57.1 Å². The molecule has 1 fully saturated rings. The van der Waals surface area contributed by atoms with E-state index in [2.05, 4.69) is 62.3 Å². The second-order valence-electron chi connectivity index (χ2n) is 7.43. The second-order valence-corrected chi connectivity index (χ2v) is 7.43. The average molecular weight is 364 g/mol. The van der Waals surface area contributed by atoms with E-state index in [0.29, 0.717) is 0 Å². The van der Waals surface area contributed by atoms with Gasteiger partial charge in [-0.2, -0.15) is 0 Å². The summed E-state index contributed by atoms with van der Waals surface area (Å²) in [6.07, 6.45) is 1.15. The zero-order valence-electron chi connectivity index (χ0n) is 15.8. The Morgan fingerprint density at radius 1 is 0.778 bits per heavy atom. The summed E-state index contributed by atoms with van der Waals surface area (Å²) in [7, 11) is 0. The zero-order valence-corrected chi connectivity index (χ0v) is 15.8. The molecular weight excluding hydrogens is 336 g/mol. The molecule has 5 heteroatoms. The van der Waals surface area contributed by atoms with Gasteiger partial charge in [-0.1, -0.05) is 47.6 Å². The lowest BCUT2D eigenvalue weighted by Gasteiger charge is -2.36. The number of piperazine rings is 1. The summed E-state index contributed by atoms with van der Waals surface area (Å²) in [5.74, 6) is 0. The van der Waals surface area contributed by atoms with Gasteiger partial charge in [0.05, 0.1) is 0 Å². The third kappa shape index (κ3) is 4.31. The van der Waals surface area contributed by atoms with Crippen LogP contribution in [0.1, 0.15) is 17.5 Å². The Kier molecular flexibility index (Phi) is 5.70. The fourth-order valence-corrected chi connectivity index (χ4v) is 4.16. The van der Waals surface area contributed by atoms with E-state index in [-0.39, 0.29) is 0 Å². The molecule has 4 rings (SSSR count). The summed E-state index contributed by atoms with van der Waals surface area (Å²) in [6.45, 7) is 8.29. The van der Waals surface area contributed by atoms with Crippen LogP contribution in [0.25, 0.3) is 0 Å². The minimum Gasteiger partial charge on any atom is -0.411 e. The van der Waals surface area contributed by atoms with Gasteiger partial charge >= 0.3 is 0 Å². The molecule has 5 nitrogen and oxygen atoms in total. The van der Waals surface area contributed by atoms with Crippen LogP contribution in [0.4, 0.5) is 5.69 Å². The van der Waals surface area contributed by atoms with Crippen molar-refractivity contribution >= 4 is 11.4 Å². The van der Waals surface area contributed by atoms with Gasteiger partial charge in [0.25, 0.3) is 0 Å². The highest BCUT2D eigenvalue weighted by Gasteiger charge is 2.22. The summed E-state index contributed by atoms with van der Waals surface area (Å²) < 4.78 is 0. The average Bonchev–Trinajstić information content (AvgIpc) is 2.74. The molecular formula is C22H28N4O. The van der Waals surface area contributed by atoms with Gasteiger partial charge < -0.3 is 10.1 Å². The van der Waals surface area contributed by atoms with E-state index < -0.39 is 0 Å². The first-order valence-corrected chi connectivity index (χ1v) is 9.87. The van der Waals surface area contributed by atoms with Crippen molar-refractivity contribution in [3.63, 3.8) is 0 Å². The normalized spacial score (nSPS) is 20.0. The summed E-state index contributed by atoms with van der Waals surface area (Å²) >= 11 is 0. The van der Waals surface area contributed by atoms with Crippen molar-refractivity contribution in [1.29, 1.82) is 0 Å². The minimum atomic E-state index is 0.731. The molecule has 0 aromatic heterocycles. The molecule has 0 saturated carbocycles. The van der Waals surface area contributed by atoms with E-state index in [1.807, 2.05) is 12.1 Å². The van der Waals surface area contributed by atoms with Gasteiger partial charge in [-0.15, -0.1) is 0 Å². The Hall–Kier alpha value is -2.37. The second kappa shape index (κ2) is 8.55. The number of nitrogens with zero attached hydrogens (tertiary/aromatic N) is 4. The van der Waals surface area contributed by atoms with E-state index >= 15 is 0 Å². The predicted octanol–water partition coefficient (Wildman–Crippen LogP) is 2.89. The number of rotatable bonds is 5. The molecule has 0 atom stereocenters. The first-order chi connectivity index (χ1) is 13.3. The predicted molar refractivity (Wildman–Crippen MR) is 110 cm³/mol. The Labute approximate surface area is 161 Å². The highest BCUT2D eigenvalue weighted by atomic mass is 16.4. The number of hydrogen-bond donors (Lipinski definition) is 1. The standard InChI is InChI=1S/C22H28N4O/c27-23-22-18-25(17-19-7-4-5-10-21(19)22)12-6-11-24-13-15-26(16-14-24)20-8-2-1-3-9-20/h1-5,7-10,27H,6,11-18H2/b23-22+. The Morgan fingerprint density at radius 3 is 2.26 bits per heavy atom. The van der Waals surface area contributed by atoms with Crippen LogP contribution in [0, 0.1) is 0 Å². The summed E-state index contributed by atoms with van der Waals surface area (Å²) in [5, 5.41) is 12.9. The number of oxime groups is 1. The summed E-state index contributed by atoms with van der Waals surface area (Å²) in [4.78, 5) is 7.43. The number of para-hydroxylation sites is 1. The van der Waals surface area contributed by atoms with Crippen LogP contribution < -0.4 is 4.90 Å². The van der Waals surface area contributed by atoms with Crippen molar-refractivity contribution in [2.24, 2.45) is 5.16 Å². The minimum absolute atomic E-state index is 0.731. The third-order valence-electron chi connectivity index (χ3n) is 5.66. The van der Waals surface area contributed by atoms with Crippen molar-refractivity contribution in [3.8, 4) is 0 Å². The van der Waals surface area contributed by atoms with Crippen molar-refractivity contribution in [3.05, 3.63) is 65.7 Å². The van der Waals surface area contributed by atoms with Gasteiger partial charge in [0.2, 0.25) is 0 Å². The van der Waals surface area contributed by atoms with Crippen LogP contribution in [0.5, 0.6) is 0 Å². The lowest BCUT2D eigenvalue weighted by Crippen LogP contribution is -2.47. The van der Waals surface area contributed by atoms with Crippen LogP contribution in [0.3, 0.4) is 0 Å². The van der Waals surface area contributed by atoms with E-state index in [1.54, 1.807) is 0 Å². The molecule has 2 aromatic rings. The fraction of sp³-hybridized carbons (Fsp3) is 0.409. The number of hydrogen-bond acceptors (Lipinski definition) is 5. The largest absolute Gasteiger partial charge is 0.411 e. The topological polar surface area (TPSA) is 42.3 Å².